The third-order valence-corrected chi connectivity index (χ3v) is 3.43. The molecule has 1 amide bonds. The molecule has 6 heteroatoms. The summed E-state index contributed by atoms with van der Waals surface area (Å²) in [6.45, 7) is -0.242. The number of benzene rings is 1. The number of phenols is 1. The van der Waals surface area contributed by atoms with Crippen molar-refractivity contribution in [1.29, 1.82) is 0 Å². The minimum Gasteiger partial charge on any atom is -0.508 e. The second-order valence-corrected chi connectivity index (χ2v) is 4.51. The summed E-state index contributed by atoms with van der Waals surface area (Å²) in [4.78, 5) is 24.4. The van der Waals surface area contributed by atoms with Gasteiger partial charge in [0.2, 0.25) is 5.91 Å². The topological polar surface area (TPSA) is 104 Å². The molecular formula is C13H16N2O4. The summed E-state index contributed by atoms with van der Waals surface area (Å²) < 4.78 is 0. The number of carbonyl (C=O) groups is 2. The first kappa shape index (κ1) is 13.4. The van der Waals surface area contributed by atoms with Gasteiger partial charge in [-0.1, -0.05) is 18.2 Å². The summed E-state index contributed by atoms with van der Waals surface area (Å²) in [7, 11) is 0. The number of carboxylic acids is 1. The van der Waals surface area contributed by atoms with E-state index in [1.807, 2.05) is 0 Å². The van der Waals surface area contributed by atoms with Gasteiger partial charge >= 0.3 is 5.97 Å². The second-order valence-electron chi connectivity index (χ2n) is 4.51. The van der Waals surface area contributed by atoms with Crippen LogP contribution >= 0.6 is 0 Å². The molecule has 1 aliphatic rings. The Labute approximate surface area is 110 Å². The van der Waals surface area contributed by atoms with Crippen LogP contribution in [0.4, 0.5) is 0 Å². The van der Waals surface area contributed by atoms with Crippen LogP contribution in [0, 0.1) is 0 Å². The molecule has 0 saturated carbocycles. The molecule has 0 spiro atoms. The number of para-hydroxylation sites is 1. The Bertz CT molecular complexity index is 503. The van der Waals surface area contributed by atoms with Gasteiger partial charge in [-0.25, -0.2) is 4.79 Å². The standard InChI is InChI=1S/C13H16N2O4/c14-7-12(17)15-9(5-6-10(15)13(18)19)8-3-1-2-4-11(8)16/h1-4,9-10,16H,5-7,14H2,(H,18,19). The van der Waals surface area contributed by atoms with Crippen LogP contribution in [0.2, 0.25) is 0 Å². The van der Waals surface area contributed by atoms with Gasteiger partial charge in [0.25, 0.3) is 0 Å². The average molecular weight is 264 g/mol. The van der Waals surface area contributed by atoms with Crippen LogP contribution in [0.25, 0.3) is 0 Å². The predicted molar refractivity (Wildman–Crippen MR) is 67.4 cm³/mol. The zero-order valence-electron chi connectivity index (χ0n) is 10.3. The molecule has 2 rings (SSSR count). The molecule has 0 radical (unpaired) electrons. The molecule has 0 aliphatic carbocycles. The van der Waals surface area contributed by atoms with E-state index in [2.05, 4.69) is 0 Å². The molecule has 1 saturated heterocycles. The number of hydrogen-bond donors (Lipinski definition) is 3. The number of rotatable bonds is 3. The molecule has 19 heavy (non-hydrogen) atoms. The van der Waals surface area contributed by atoms with Gasteiger partial charge in [0, 0.05) is 5.56 Å². The summed E-state index contributed by atoms with van der Waals surface area (Å²) in [5.74, 6) is -1.40. The molecule has 0 bridgehead atoms. The van der Waals surface area contributed by atoms with Crippen LogP contribution in [0.5, 0.6) is 5.75 Å². The molecule has 1 heterocycles. The van der Waals surface area contributed by atoms with Crippen molar-refractivity contribution in [1.82, 2.24) is 4.90 Å². The molecule has 1 aromatic rings. The maximum Gasteiger partial charge on any atom is 0.326 e. The minimum absolute atomic E-state index is 0.0633. The van der Waals surface area contributed by atoms with Crippen molar-refractivity contribution >= 4 is 11.9 Å². The lowest BCUT2D eigenvalue weighted by Crippen LogP contribution is -2.44. The fraction of sp³-hybridized carbons (Fsp3) is 0.385. The Morgan fingerprint density at radius 2 is 2.00 bits per heavy atom. The van der Waals surface area contributed by atoms with Crippen LogP contribution in [0.15, 0.2) is 24.3 Å². The number of nitrogens with zero attached hydrogens (tertiary/aromatic N) is 1. The van der Waals surface area contributed by atoms with Crippen LogP contribution in [-0.2, 0) is 9.59 Å². The first-order valence-electron chi connectivity index (χ1n) is 6.08. The number of amides is 1. The predicted octanol–water partition coefficient (Wildman–Crippen LogP) is 0.468. The van der Waals surface area contributed by atoms with Crippen molar-refractivity contribution in [3.8, 4) is 5.75 Å². The SMILES string of the molecule is NCC(=O)N1C(C(=O)O)CCC1c1ccccc1O. The van der Waals surface area contributed by atoms with Gasteiger partial charge in [-0.15, -0.1) is 0 Å². The van der Waals surface area contributed by atoms with E-state index < -0.39 is 24.0 Å². The lowest BCUT2D eigenvalue weighted by molar-refractivity contribution is -0.149. The minimum atomic E-state index is -1.04. The number of aliphatic carboxylic acids is 1. The summed E-state index contributed by atoms with van der Waals surface area (Å²) in [6.07, 6.45) is 0.861. The number of carboxylic acid groups (broad SMARTS) is 1. The maximum atomic E-state index is 11.9. The number of phenolic OH excluding ortho intramolecular Hbond substituents is 1. The third kappa shape index (κ3) is 2.39. The fourth-order valence-electron chi connectivity index (χ4n) is 2.58. The molecule has 6 nitrogen and oxygen atoms in total. The molecule has 1 fully saturated rings. The van der Waals surface area contributed by atoms with E-state index in [1.54, 1.807) is 18.2 Å². The van der Waals surface area contributed by atoms with Crippen molar-refractivity contribution in [2.75, 3.05) is 6.54 Å². The highest BCUT2D eigenvalue weighted by Crippen LogP contribution is 2.39. The first-order valence-corrected chi connectivity index (χ1v) is 6.08. The largest absolute Gasteiger partial charge is 0.508 e. The lowest BCUT2D eigenvalue weighted by Gasteiger charge is -2.28. The van der Waals surface area contributed by atoms with Gasteiger partial charge in [-0.05, 0) is 18.9 Å². The highest BCUT2D eigenvalue weighted by Gasteiger charge is 2.41. The molecule has 1 aromatic carbocycles. The van der Waals surface area contributed by atoms with Gasteiger partial charge in [0.05, 0.1) is 12.6 Å². The summed E-state index contributed by atoms with van der Waals surface area (Å²) in [5, 5.41) is 19.0. The van der Waals surface area contributed by atoms with Crippen molar-refractivity contribution < 1.29 is 19.8 Å². The molecule has 102 valence electrons. The van der Waals surface area contributed by atoms with Crippen molar-refractivity contribution in [2.24, 2.45) is 5.73 Å². The highest BCUT2D eigenvalue weighted by molar-refractivity contribution is 5.86. The number of nitrogens with two attached hydrogens (primary N) is 1. The smallest absolute Gasteiger partial charge is 0.326 e. The average Bonchev–Trinajstić information content (AvgIpc) is 2.83. The molecule has 1 aliphatic heterocycles. The van der Waals surface area contributed by atoms with Gasteiger partial charge < -0.3 is 20.8 Å². The molecule has 2 unspecified atom stereocenters. The van der Waals surface area contributed by atoms with Gasteiger partial charge in [0.1, 0.15) is 11.8 Å². The van der Waals surface area contributed by atoms with Crippen molar-refractivity contribution in [3.63, 3.8) is 0 Å². The van der Waals surface area contributed by atoms with Crippen LogP contribution in [-0.4, -0.2) is 39.6 Å². The summed E-state index contributed by atoms with van der Waals surface area (Å²) in [5.41, 5.74) is 5.91. The normalized spacial score (nSPS) is 22.5. The molecule has 4 N–H and O–H groups in total. The fourth-order valence-corrected chi connectivity index (χ4v) is 2.58. The Balaban J connectivity index is 2.37. The Morgan fingerprint density at radius 1 is 1.32 bits per heavy atom. The Morgan fingerprint density at radius 3 is 2.58 bits per heavy atom. The second kappa shape index (κ2) is 5.27. The highest BCUT2D eigenvalue weighted by atomic mass is 16.4. The Hall–Kier alpha value is -2.08. The van der Waals surface area contributed by atoms with E-state index in [9.17, 15) is 14.7 Å². The van der Waals surface area contributed by atoms with Gasteiger partial charge in [0.15, 0.2) is 0 Å². The Kier molecular flexibility index (Phi) is 3.71. The summed E-state index contributed by atoms with van der Waals surface area (Å²) in [6, 6.07) is 5.33. The lowest BCUT2D eigenvalue weighted by atomic mass is 10.0. The molecule has 2 atom stereocenters. The molecular weight excluding hydrogens is 248 g/mol. The van der Waals surface area contributed by atoms with Crippen LogP contribution in [0.3, 0.4) is 0 Å². The van der Waals surface area contributed by atoms with E-state index >= 15 is 0 Å². The van der Waals surface area contributed by atoms with E-state index in [4.69, 9.17) is 10.8 Å². The zero-order chi connectivity index (χ0) is 14.0. The number of aromatic hydroxyl groups is 1. The van der Waals surface area contributed by atoms with E-state index in [0.29, 0.717) is 18.4 Å². The van der Waals surface area contributed by atoms with Crippen LogP contribution in [0.1, 0.15) is 24.4 Å². The summed E-state index contributed by atoms with van der Waals surface area (Å²) >= 11 is 0. The first-order chi connectivity index (χ1) is 9.06. The quantitative estimate of drug-likeness (QED) is 0.736. The number of hydrogen-bond acceptors (Lipinski definition) is 4. The van der Waals surface area contributed by atoms with E-state index in [0.717, 1.165) is 0 Å². The van der Waals surface area contributed by atoms with E-state index in [-0.39, 0.29) is 12.3 Å². The van der Waals surface area contributed by atoms with Crippen molar-refractivity contribution in [3.05, 3.63) is 29.8 Å². The third-order valence-electron chi connectivity index (χ3n) is 3.43. The van der Waals surface area contributed by atoms with Gasteiger partial charge in [-0.2, -0.15) is 0 Å². The maximum absolute atomic E-state index is 11.9. The molecule has 0 aromatic heterocycles. The number of carbonyl (C=O) groups excluding carboxylic acids is 1. The van der Waals surface area contributed by atoms with E-state index in [1.165, 1.54) is 11.0 Å². The zero-order valence-corrected chi connectivity index (χ0v) is 10.3. The van der Waals surface area contributed by atoms with Gasteiger partial charge in [-0.3, -0.25) is 4.79 Å². The number of likely N-dealkylation sites (tertiary alicyclic amines) is 1. The van der Waals surface area contributed by atoms with Crippen LogP contribution < -0.4 is 5.73 Å². The van der Waals surface area contributed by atoms with Crippen molar-refractivity contribution in [2.45, 2.75) is 24.9 Å². The monoisotopic (exact) mass is 264 g/mol.